The van der Waals surface area contributed by atoms with Gasteiger partial charge in [-0.1, -0.05) is 49.3 Å². The molecule has 2 heterocycles. The largest absolute Gasteiger partial charge is 0.339 e. The zero-order chi connectivity index (χ0) is 18.0. The molecule has 1 saturated heterocycles. The molecule has 0 atom stereocenters. The number of rotatable bonds is 6. The molecule has 8 heteroatoms. The second-order valence-corrected chi connectivity index (χ2v) is 6.25. The topological polar surface area (TPSA) is 96.6 Å². The normalized spacial score (nSPS) is 14.9. The van der Waals surface area contributed by atoms with Gasteiger partial charge in [0.15, 0.2) is 5.82 Å². The Morgan fingerprint density at radius 3 is 2.28 bits per heavy atom. The van der Waals surface area contributed by atoms with E-state index >= 15 is 0 Å². The molecule has 0 N–H and O–H groups in total. The van der Waals surface area contributed by atoms with E-state index in [4.69, 9.17) is 4.52 Å². The minimum atomic E-state index is -0.879. The summed E-state index contributed by atoms with van der Waals surface area (Å²) in [6.07, 6.45) is 0.605. The van der Waals surface area contributed by atoms with Gasteiger partial charge in [-0.05, 0) is 11.5 Å². The molecule has 3 rings (SSSR count). The molecule has 0 saturated carbocycles. The third-order valence-corrected chi connectivity index (χ3v) is 3.71. The first-order valence-corrected chi connectivity index (χ1v) is 7.98. The van der Waals surface area contributed by atoms with Crippen molar-refractivity contribution in [3.8, 4) is 0 Å². The van der Waals surface area contributed by atoms with Crippen molar-refractivity contribution in [2.45, 2.75) is 33.4 Å². The van der Waals surface area contributed by atoms with Crippen molar-refractivity contribution in [3.63, 3.8) is 0 Å². The number of aromatic nitrogens is 2. The summed E-state index contributed by atoms with van der Waals surface area (Å²) in [5.41, 5.74) is 0.762. The Labute approximate surface area is 144 Å². The Kier molecular flexibility index (Phi) is 4.60. The van der Waals surface area contributed by atoms with E-state index in [1.807, 2.05) is 19.9 Å². The van der Waals surface area contributed by atoms with Crippen LogP contribution in [0.4, 0.5) is 4.79 Å². The highest BCUT2D eigenvalue weighted by Gasteiger charge is 2.44. The van der Waals surface area contributed by atoms with Gasteiger partial charge in [0.05, 0.1) is 13.1 Å². The van der Waals surface area contributed by atoms with Gasteiger partial charge >= 0.3 is 17.8 Å². The fourth-order valence-corrected chi connectivity index (χ4v) is 2.52. The van der Waals surface area contributed by atoms with Crippen molar-refractivity contribution in [2.24, 2.45) is 5.92 Å². The van der Waals surface area contributed by atoms with E-state index < -0.39 is 17.8 Å². The molecule has 0 unspecified atom stereocenters. The van der Waals surface area contributed by atoms with Crippen molar-refractivity contribution >= 4 is 17.8 Å². The Morgan fingerprint density at radius 2 is 1.64 bits per heavy atom. The molecule has 25 heavy (non-hydrogen) atoms. The molecule has 1 fully saturated rings. The fraction of sp³-hybridized carbons (Fsp3) is 0.353. The van der Waals surface area contributed by atoms with Gasteiger partial charge < -0.3 is 4.52 Å². The summed E-state index contributed by atoms with van der Waals surface area (Å²) in [4.78, 5) is 42.6. The first kappa shape index (κ1) is 16.8. The lowest BCUT2D eigenvalue weighted by Gasteiger charge is -2.14. The molecule has 4 amide bonds. The molecule has 2 aromatic rings. The first-order chi connectivity index (χ1) is 12.0. The molecule has 1 aromatic carbocycles. The average molecular weight is 342 g/mol. The van der Waals surface area contributed by atoms with Gasteiger partial charge in [0.25, 0.3) is 0 Å². The van der Waals surface area contributed by atoms with Gasteiger partial charge in [-0.2, -0.15) is 4.98 Å². The fourth-order valence-electron chi connectivity index (χ4n) is 2.52. The summed E-state index contributed by atoms with van der Waals surface area (Å²) in [5, 5.41) is 3.77. The lowest BCUT2D eigenvalue weighted by molar-refractivity contribution is -0.143. The third kappa shape index (κ3) is 3.57. The van der Waals surface area contributed by atoms with Crippen LogP contribution in [0.1, 0.15) is 31.1 Å². The number of urea groups is 1. The van der Waals surface area contributed by atoms with Gasteiger partial charge in [0, 0.05) is 6.42 Å². The number of carbonyl (C=O) groups excluding carboxylic acids is 3. The van der Waals surface area contributed by atoms with Crippen molar-refractivity contribution in [1.82, 2.24) is 19.9 Å². The van der Waals surface area contributed by atoms with Crippen LogP contribution >= 0.6 is 0 Å². The maximum absolute atomic E-state index is 12.4. The van der Waals surface area contributed by atoms with Crippen LogP contribution in [-0.4, -0.2) is 37.8 Å². The number of hydrogen-bond donors (Lipinski definition) is 0. The van der Waals surface area contributed by atoms with Gasteiger partial charge in [-0.25, -0.2) is 9.69 Å². The predicted molar refractivity (Wildman–Crippen MR) is 85.8 cm³/mol. The van der Waals surface area contributed by atoms with E-state index in [1.165, 1.54) is 0 Å². The number of nitrogens with zero attached hydrogens (tertiary/aromatic N) is 4. The van der Waals surface area contributed by atoms with Crippen LogP contribution in [0, 0.1) is 5.92 Å². The quantitative estimate of drug-likeness (QED) is 0.586. The van der Waals surface area contributed by atoms with Crippen molar-refractivity contribution < 1.29 is 18.9 Å². The van der Waals surface area contributed by atoms with E-state index in [0.29, 0.717) is 18.2 Å². The second-order valence-electron chi connectivity index (χ2n) is 6.25. The Morgan fingerprint density at radius 1 is 1.00 bits per heavy atom. The lowest BCUT2D eigenvalue weighted by Crippen LogP contribution is -2.33. The van der Waals surface area contributed by atoms with Crippen LogP contribution in [0.3, 0.4) is 0 Å². The zero-order valence-corrected chi connectivity index (χ0v) is 14.0. The molecule has 1 aliphatic rings. The standard InChI is InChI=1S/C17H18N4O4/c1-11(2)8-14-18-13(19-25-14)10-21-16(23)15(22)20(17(21)24)9-12-6-4-3-5-7-12/h3-7,11H,8-10H2,1-2H3. The van der Waals surface area contributed by atoms with Crippen LogP contribution in [0.15, 0.2) is 34.9 Å². The minimum absolute atomic E-state index is 0.0472. The van der Waals surface area contributed by atoms with E-state index in [2.05, 4.69) is 10.1 Å². The van der Waals surface area contributed by atoms with E-state index in [-0.39, 0.29) is 18.9 Å². The predicted octanol–water partition coefficient (Wildman–Crippen LogP) is 1.76. The summed E-state index contributed by atoms with van der Waals surface area (Å²) in [7, 11) is 0. The maximum Gasteiger partial charge on any atom is 0.334 e. The monoisotopic (exact) mass is 342 g/mol. The van der Waals surface area contributed by atoms with Crippen LogP contribution in [0.5, 0.6) is 0 Å². The summed E-state index contributed by atoms with van der Waals surface area (Å²) in [6, 6.07) is 8.33. The van der Waals surface area contributed by atoms with Crippen LogP contribution in [0.25, 0.3) is 0 Å². The molecule has 1 aliphatic heterocycles. The smallest absolute Gasteiger partial charge is 0.334 e. The number of hydrogen-bond acceptors (Lipinski definition) is 6. The van der Waals surface area contributed by atoms with E-state index in [1.54, 1.807) is 24.3 Å². The van der Waals surface area contributed by atoms with Gasteiger partial charge in [-0.15, -0.1) is 0 Å². The van der Waals surface area contributed by atoms with E-state index in [0.717, 1.165) is 15.4 Å². The Balaban J connectivity index is 1.72. The summed E-state index contributed by atoms with van der Waals surface area (Å²) in [5.74, 6) is -0.745. The van der Waals surface area contributed by atoms with Crippen LogP contribution in [0.2, 0.25) is 0 Å². The molecule has 0 aliphatic carbocycles. The van der Waals surface area contributed by atoms with Crippen molar-refractivity contribution in [3.05, 3.63) is 47.6 Å². The lowest BCUT2D eigenvalue weighted by atomic mass is 10.1. The molecule has 0 spiro atoms. The Hall–Kier alpha value is -3.03. The van der Waals surface area contributed by atoms with Gasteiger partial charge in [0.2, 0.25) is 5.89 Å². The minimum Gasteiger partial charge on any atom is -0.339 e. The second kappa shape index (κ2) is 6.84. The highest BCUT2D eigenvalue weighted by Crippen LogP contribution is 2.18. The summed E-state index contributed by atoms with van der Waals surface area (Å²) < 4.78 is 5.10. The number of amides is 4. The number of benzene rings is 1. The Bertz CT molecular complexity index is 800. The average Bonchev–Trinajstić information content (AvgIpc) is 3.09. The van der Waals surface area contributed by atoms with Crippen LogP contribution in [-0.2, 0) is 29.1 Å². The molecule has 8 nitrogen and oxygen atoms in total. The number of carbonyl (C=O) groups is 3. The third-order valence-electron chi connectivity index (χ3n) is 3.71. The highest BCUT2D eigenvalue weighted by molar-refractivity contribution is 6.44. The molecule has 0 bridgehead atoms. The first-order valence-electron chi connectivity index (χ1n) is 7.98. The molecular weight excluding hydrogens is 324 g/mol. The summed E-state index contributed by atoms with van der Waals surface area (Å²) >= 11 is 0. The van der Waals surface area contributed by atoms with Crippen molar-refractivity contribution in [2.75, 3.05) is 0 Å². The zero-order valence-electron chi connectivity index (χ0n) is 14.0. The highest BCUT2D eigenvalue weighted by atomic mass is 16.5. The van der Waals surface area contributed by atoms with E-state index in [9.17, 15) is 14.4 Å². The van der Waals surface area contributed by atoms with Crippen LogP contribution < -0.4 is 0 Å². The summed E-state index contributed by atoms with van der Waals surface area (Å²) in [6.45, 7) is 3.89. The van der Waals surface area contributed by atoms with Gasteiger partial charge in [0.1, 0.15) is 0 Å². The SMILES string of the molecule is CC(C)Cc1nc(CN2C(=O)C(=O)N(Cc3ccccc3)C2=O)no1. The van der Waals surface area contributed by atoms with Gasteiger partial charge in [-0.3, -0.25) is 14.5 Å². The molecule has 0 radical (unpaired) electrons. The maximum atomic E-state index is 12.4. The molecular formula is C17H18N4O4. The molecule has 1 aromatic heterocycles. The van der Waals surface area contributed by atoms with Crippen molar-refractivity contribution in [1.29, 1.82) is 0 Å². The molecule has 130 valence electrons. The number of imide groups is 2.